The molecule has 0 atom stereocenters. The van der Waals surface area contributed by atoms with Crippen molar-refractivity contribution < 1.29 is 19.4 Å². The van der Waals surface area contributed by atoms with Crippen LogP contribution in [-0.4, -0.2) is 28.7 Å². The van der Waals surface area contributed by atoms with E-state index in [9.17, 15) is 4.79 Å². The molecule has 116 valence electrons. The van der Waals surface area contributed by atoms with E-state index in [-0.39, 0.29) is 6.61 Å². The van der Waals surface area contributed by atoms with Crippen LogP contribution in [0.3, 0.4) is 0 Å². The quantitative estimate of drug-likeness (QED) is 0.524. The number of rotatable bonds is 7. The minimum atomic E-state index is -1.01. The zero-order valence-electron chi connectivity index (χ0n) is 11.6. The van der Waals surface area contributed by atoms with Crippen LogP contribution < -0.4 is 9.47 Å². The molecule has 2 rings (SSSR count). The van der Waals surface area contributed by atoms with E-state index in [0.29, 0.717) is 23.1 Å². The van der Waals surface area contributed by atoms with E-state index in [4.69, 9.17) is 26.2 Å². The number of ether oxygens (including phenoxy) is 2. The third-order valence-electron chi connectivity index (χ3n) is 2.80. The molecule has 2 aromatic rings. The average molecular weight is 433 g/mol. The molecule has 0 amide bonds. The van der Waals surface area contributed by atoms with Gasteiger partial charge in [-0.15, -0.1) is 0 Å². The van der Waals surface area contributed by atoms with Crippen LogP contribution in [0.4, 0.5) is 0 Å². The molecule has 6 heteroatoms. The Balaban J connectivity index is 2.19. The summed E-state index contributed by atoms with van der Waals surface area (Å²) in [5.74, 6) is 0.145. The lowest BCUT2D eigenvalue weighted by molar-refractivity contribution is -0.139. The second kappa shape index (κ2) is 8.24. The van der Waals surface area contributed by atoms with Gasteiger partial charge >= 0.3 is 5.97 Å². The molecule has 0 spiro atoms. The van der Waals surface area contributed by atoms with Crippen LogP contribution in [0.1, 0.15) is 0 Å². The first kappa shape index (κ1) is 16.9. The average Bonchev–Trinajstić information content (AvgIpc) is 2.52. The highest BCUT2D eigenvalue weighted by Gasteiger charge is 2.06. The zero-order valence-corrected chi connectivity index (χ0v) is 14.5. The van der Waals surface area contributed by atoms with E-state index >= 15 is 0 Å². The summed E-state index contributed by atoms with van der Waals surface area (Å²) in [6.45, 7) is 0.241. The SMILES string of the molecule is O=C(O)COc1cccc(-c2ccc(OCCI)c(Cl)c2)c1. The van der Waals surface area contributed by atoms with E-state index in [1.165, 1.54) is 0 Å². The van der Waals surface area contributed by atoms with Crippen LogP contribution in [0.2, 0.25) is 5.02 Å². The maximum Gasteiger partial charge on any atom is 0.341 e. The smallest absolute Gasteiger partial charge is 0.341 e. The molecule has 2 aromatic carbocycles. The van der Waals surface area contributed by atoms with Gasteiger partial charge in [-0.25, -0.2) is 4.79 Å². The third-order valence-corrected chi connectivity index (χ3v) is 3.53. The fourth-order valence-corrected chi connectivity index (χ4v) is 2.31. The first-order chi connectivity index (χ1) is 10.6. The van der Waals surface area contributed by atoms with Gasteiger partial charge in [-0.05, 0) is 35.4 Å². The maximum absolute atomic E-state index is 10.5. The normalized spacial score (nSPS) is 10.3. The van der Waals surface area contributed by atoms with Crippen molar-refractivity contribution in [1.82, 2.24) is 0 Å². The highest BCUT2D eigenvalue weighted by atomic mass is 127. The molecule has 22 heavy (non-hydrogen) atoms. The summed E-state index contributed by atoms with van der Waals surface area (Å²) in [5.41, 5.74) is 1.80. The van der Waals surface area contributed by atoms with Crippen LogP contribution in [0.15, 0.2) is 42.5 Å². The van der Waals surface area contributed by atoms with Gasteiger partial charge < -0.3 is 14.6 Å². The molecule has 0 saturated heterocycles. The summed E-state index contributed by atoms with van der Waals surface area (Å²) < 4.78 is 11.6. The van der Waals surface area contributed by atoms with Crippen molar-refractivity contribution in [2.45, 2.75) is 0 Å². The lowest BCUT2D eigenvalue weighted by atomic mass is 10.1. The fraction of sp³-hybridized carbons (Fsp3) is 0.188. The van der Waals surface area contributed by atoms with Crippen molar-refractivity contribution in [2.75, 3.05) is 17.6 Å². The number of aliphatic carboxylic acids is 1. The Morgan fingerprint density at radius 1 is 1.14 bits per heavy atom. The molecule has 0 saturated carbocycles. The van der Waals surface area contributed by atoms with Crippen molar-refractivity contribution >= 4 is 40.2 Å². The van der Waals surface area contributed by atoms with Crippen LogP contribution >= 0.6 is 34.2 Å². The number of benzene rings is 2. The summed E-state index contributed by atoms with van der Waals surface area (Å²) >= 11 is 8.46. The molecule has 0 aromatic heterocycles. The van der Waals surface area contributed by atoms with Gasteiger partial charge in [-0.1, -0.05) is 52.4 Å². The molecule has 0 aliphatic rings. The minimum Gasteiger partial charge on any atom is -0.491 e. The number of carboxylic acid groups (broad SMARTS) is 1. The molecule has 0 aliphatic carbocycles. The van der Waals surface area contributed by atoms with Gasteiger partial charge in [-0.3, -0.25) is 0 Å². The minimum absolute atomic E-state index is 0.368. The standard InChI is InChI=1S/C16H14ClIO4/c17-14-9-12(4-5-15(14)21-7-6-18)11-2-1-3-13(8-11)22-10-16(19)20/h1-5,8-9H,6-7,10H2,(H,19,20). The number of hydrogen-bond acceptors (Lipinski definition) is 3. The number of carbonyl (C=O) groups is 1. The molecular weight excluding hydrogens is 419 g/mol. The van der Waals surface area contributed by atoms with E-state index in [1.807, 2.05) is 24.3 Å². The van der Waals surface area contributed by atoms with Crippen molar-refractivity contribution in [3.05, 3.63) is 47.5 Å². The monoisotopic (exact) mass is 432 g/mol. The Kier molecular flexibility index (Phi) is 6.33. The Bertz CT molecular complexity index is 660. The number of halogens is 2. The molecule has 0 fully saturated rings. The van der Waals surface area contributed by atoms with Crippen molar-refractivity contribution in [3.63, 3.8) is 0 Å². The van der Waals surface area contributed by atoms with Gasteiger partial charge in [0, 0.05) is 4.43 Å². The summed E-state index contributed by atoms with van der Waals surface area (Å²) in [4.78, 5) is 10.5. The Labute approximate surface area is 147 Å². The maximum atomic E-state index is 10.5. The molecule has 0 bridgehead atoms. The second-order valence-corrected chi connectivity index (χ2v) is 5.88. The highest BCUT2D eigenvalue weighted by Crippen LogP contribution is 2.31. The number of alkyl halides is 1. The van der Waals surface area contributed by atoms with Crippen molar-refractivity contribution in [1.29, 1.82) is 0 Å². The van der Waals surface area contributed by atoms with Gasteiger partial charge in [0.05, 0.1) is 11.6 Å². The van der Waals surface area contributed by atoms with E-state index in [1.54, 1.807) is 18.2 Å². The Morgan fingerprint density at radius 3 is 2.59 bits per heavy atom. The second-order valence-electron chi connectivity index (χ2n) is 4.39. The van der Waals surface area contributed by atoms with E-state index in [2.05, 4.69) is 22.6 Å². The topological polar surface area (TPSA) is 55.8 Å². The Hall–Kier alpha value is -1.47. The van der Waals surface area contributed by atoms with E-state index in [0.717, 1.165) is 15.6 Å². The molecule has 0 unspecified atom stereocenters. The third kappa shape index (κ3) is 4.78. The Morgan fingerprint density at radius 2 is 1.91 bits per heavy atom. The molecule has 1 N–H and O–H groups in total. The lowest BCUT2D eigenvalue weighted by Crippen LogP contribution is -2.09. The first-order valence-corrected chi connectivity index (χ1v) is 8.44. The van der Waals surface area contributed by atoms with Crippen LogP contribution in [-0.2, 0) is 4.79 Å². The van der Waals surface area contributed by atoms with Crippen molar-refractivity contribution in [3.8, 4) is 22.6 Å². The molecule has 0 heterocycles. The first-order valence-electron chi connectivity index (χ1n) is 6.53. The predicted octanol–water partition coefficient (Wildman–Crippen LogP) is 4.28. The lowest BCUT2D eigenvalue weighted by Gasteiger charge is -2.10. The summed E-state index contributed by atoms with van der Waals surface area (Å²) in [5, 5.41) is 9.18. The molecular formula is C16H14ClIO4. The van der Waals surface area contributed by atoms with Crippen LogP contribution in [0.25, 0.3) is 11.1 Å². The molecule has 0 radical (unpaired) electrons. The zero-order chi connectivity index (χ0) is 15.9. The van der Waals surface area contributed by atoms with Gasteiger partial charge in [0.25, 0.3) is 0 Å². The molecule has 4 nitrogen and oxygen atoms in total. The van der Waals surface area contributed by atoms with Gasteiger partial charge in [0.15, 0.2) is 6.61 Å². The predicted molar refractivity (Wildman–Crippen MR) is 94.4 cm³/mol. The number of carboxylic acids is 1. The largest absolute Gasteiger partial charge is 0.491 e. The fourth-order valence-electron chi connectivity index (χ4n) is 1.86. The number of hydrogen-bond donors (Lipinski definition) is 1. The van der Waals surface area contributed by atoms with Crippen LogP contribution in [0.5, 0.6) is 11.5 Å². The summed E-state index contributed by atoms with van der Waals surface area (Å²) in [7, 11) is 0. The van der Waals surface area contributed by atoms with Crippen molar-refractivity contribution in [2.24, 2.45) is 0 Å². The molecule has 0 aliphatic heterocycles. The van der Waals surface area contributed by atoms with Gasteiger partial charge in [-0.2, -0.15) is 0 Å². The van der Waals surface area contributed by atoms with Crippen LogP contribution in [0, 0.1) is 0 Å². The van der Waals surface area contributed by atoms with Gasteiger partial charge in [0.2, 0.25) is 0 Å². The summed E-state index contributed by atoms with van der Waals surface area (Å²) in [6, 6.07) is 12.8. The summed E-state index contributed by atoms with van der Waals surface area (Å²) in [6.07, 6.45) is 0. The highest BCUT2D eigenvalue weighted by molar-refractivity contribution is 14.1. The van der Waals surface area contributed by atoms with Gasteiger partial charge in [0.1, 0.15) is 11.5 Å². The van der Waals surface area contributed by atoms with E-state index < -0.39 is 5.97 Å².